The highest BCUT2D eigenvalue weighted by molar-refractivity contribution is 4.99. The number of nitro groups is 1. The van der Waals surface area contributed by atoms with Crippen molar-refractivity contribution in [1.29, 1.82) is 0 Å². The van der Waals surface area contributed by atoms with Crippen LogP contribution in [-0.2, 0) is 4.74 Å². The summed E-state index contributed by atoms with van der Waals surface area (Å²) in [6, 6.07) is 0. The van der Waals surface area contributed by atoms with Crippen molar-refractivity contribution >= 4 is 0 Å². The molecule has 13 heavy (non-hydrogen) atoms. The second kappa shape index (κ2) is 4.66. The van der Waals surface area contributed by atoms with E-state index in [1.807, 2.05) is 4.90 Å². The normalized spacial score (nSPS) is 19.2. The molecule has 1 aliphatic heterocycles. The highest BCUT2D eigenvalue weighted by atomic mass is 16.6. The van der Waals surface area contributed by atoms with Crippen LogP contribution in [0.15, 0.2) is 12.0 Å². The van der Waals surface area contributed by atoms with Gasteiger partial charge in [-0.1, -0.05) is 0 Å². The number of hydrogen-bond donors (Lipinski definition) is 1. The van der Waals surface area contributed by atoms with Crippen molar-refractivity contribution in [2.45, 2.75) is 0 Å². The van der Waals surface area contributed by atoms with Crippen molar-refractivity contribution in [3.8, 4) is 0 Å². The number of nitrogens with zero attached hydrogens (tertiary/aromatic N) is 2. The Bertz CT molecular complexity index is 217. The van der Waals surface area contributed by atoms with E-state index in [2.05, 4.69) is 5.32 Å². The van der Waals surface area contributed by atoms with E-state index in [0.717, 1.165) is 19.3 Å². The summed E-state index contributed by atoms with van der Waals surface area (Å²) in [6.45, 7) is 2.81. The van der Waals surface area contributed by atoms with Crippen molar-refractivity contribution in [2.75, 3.05) is 33.4 Å². The zero-order chi connectivity index (χ0) is 9.68. The fourth-order valence-electron chi connectivity index (χ4n) is 1.21. The molecule has 0 aromatic heterocycles. The van der Waals surface area contributed by atoms with Crippen LogP contribution in [0.1, 0.15) is 0 Å². The lowest BCUT2D eigenvalue weighted by molar-refractivity contribution is -0.404. The first-order valence-corrected chi connectivity index (χ1v) is 4.07. The third-order valence-electron chi connectivity index (χ3n) is 1.82. The first-order chi connectivity index (χ1) is 6.24. The molecule has 1 N–H and O–H groups in total. The Kier molecular flexibility index (Phi) is 3.51. The smallest absolute Gasteiger partial charge is 0.274 e. The average Bonchev–Trinajstić information content (AvgIpc) is 2.48. The van der Waals surface area contributed by atoms with E-state index in [9.17, 15) is 10.1 Å². The lowest BCUT2D eigenvalue weighted by Gasteiger charge is -2.15. The monoisotopic (exact) mass is 187 g/mol. The SMILES string of the molecule is COCCN1CCNC1=C[N+](=O)[O-]. The van der Waals surface area contributed by atoms with Gasteiger partial charge in [-0.25, -0.2) is 0 Å². The third-order valence-corrected chi connectivity index (χ3v) is 1.82. The molecule has 0 aromatic carbocycles. The van der Waals surface area contributed by atoms with Crippen LogP contribution in [0.5, 0.6) is 0 Å². The molecule has 6 heteroatoms. The molecule has 1 saturated heterocycles. The maximum Gasteiger partial charge on any atom is 0.274 e. The van der Waals surface area contributed by atoms with Crippen molar-refractivity contribution in [3.05, 3.63) is 22.1 Å². The molecule has 0 atom stereocenters. The van der Waals surface area contributed by atoms with E-state index in [-0.39, 0.29) is 0 Å². The van der Waals surface area contributed by atoms with E-state index < -0.39 is 4.92 Å². The van der Waals surface area contributed by atoms with Gasteiger partial charge in [0.1, 0.15) is 0 Å². The second-order valence-corrected chi connectivity index (χ2v) is 2.71. The molecule has 0 amide bonds. The summed E-state index contributed by atoms with van der Waals surface area (Å²) in [6.07, 6.45) is 0.989. The van der Waals surface area contributed by atoms with Crippen molar-refractivity contribution in [3.63, 3.8) is 0 Å². The Morgan fingerprint density at radius 1 is 1.85 bits per heavy atom. The number of nitrogens with one attached hydrogen (secondary N) is 1. The summed E-state index contributed by atoms with van der Waals surface area (Å²) in [7, 11) is 1.61. The van der Waals surface area contributed by atoms with Gasteiger partial charge in [0.15, 0.2) is 5.82 Å². The van der Waals surface area contributed by atoms with Crippen molar-refractivity contribution in [2.24, 2.45) is 0 Å². The molecule has 1 aliphatic rings. The van der Waals surface area contributed by atoms with Gasteiger partial charge in [0.05, 0.1) is 11.5 Å². The fraction of sp³-hybridized carbons (Fsp3) is 0.714. The van der Waals surface area contributed by atoms with Crippen molar-refractivity contribution in [1.82, 2.24) is 10.2 Å². The summed E-state index contributed by atoms with van der Waals surface area (Å²) in [5, 5.41) is 13.1. The van der Waals surface area contributed by atoms with Gasteiger partial charge in [0, 0.05) is 26.7 Å². The molecule has 1 fully saturated rings. The van der Waals surface area contributed by atoms with Crippen molar-refractivity contribution < 1.29 is 9.66 Å². The Balaban J connectivity index is 2.48. The van der Waals surface area contributed by atoms with Crippen LogP contribution in [0.4, 0.5) is 0 Å². The van der Waals surface area contributed by atoms with Gasteiger partial charge in [-0.2, -0.15) is 0 Å². The Hall–Kier alpha value is -1.30. The first kappa shape index (κ1) is 9.79. The summed E-state index contributed by atoms with van der Waals surface area (Å²) >= 11 is 0. The molecule has 0 unspecified atom stereocenters. The average molecular weight is 187 g/mol. The van der Waals surface area contributed by atoms with E-state index >= 15 is 0 Å². The van der Waals surface area contributed by atoms with E-state index in [1.165, 1.54) is 0 Å². The maximum absolute atomic E-state index is 10.2. The summed E-state index contributed by atoms with van der Waals surface area (Å²) in [4.78, 5) is 11.7. The highest BCUT2D eigenvalue weighted by Gasteiger charge is 2.18. The van der Waals surface area contributed by atoms with E-state index in [4.69, 9.17) is 4.74 Å². The molecule has 6 nitrogen and oxygen atoms in total. The zero-order valence-corrected chi connectivity index (χ0v) is 7.52. The Morgan fingerprint density at radius 3 is 3.23 bits per heavy atom. The molecule has 0 aliphatic carbocycles. The topological polar surface area (TPSA) is 67.6 Å². The third kappa shape index (κ3) is 2.90. The van der Waals surface area contributed by atoms with Crippen LogP contribution in [0.3, 0.4) is 0 Å². The van der Waals surface area contributed by atoms with Gasteiger partial charge in [-0.15, -0.1) is 0 Å². The molecule has 1 rings (SSSR count). The summed E-state index contributed by atoms with van der Waals surface area (Å²) in [5.41, 5.74) is 0. The number of hydrogen-bond acceptors (Lipinski definition) is 5. The molecule has 0 spiro atoms. The minimum atomic E-state index is -0.451. The Morgan fingerprint density at radius 2 is 2.62 bits per heavy atom. The van der Waals surface area contributed by atoms with Gasteiger partial charge in [-0.05, 0) is 0 Å². The summed E-state index contributed by atoms with van der Waals surface area (Å²) in [5.74, 6) is 0.571. The molecular weight excluding hydrogens is 174 g/mol. The van der Waals surface area contributed by atoms with Gasteiger partial charge >= 0.3 is 0 Å². The second-order valence-electron chi connectivity index (χ2n) is 2.71. The largest absolute Gasteiger partial charge is 0.383 e. The molecule has 0 radical (unpaired) electrons. The number of methoxy groups -OCH3 is 1. The quantitative estimate of drug-likeness (QED) is 0.479. The Labute approximate surface area is 76.3 Å². The molecule has 1 heterocycles. The highest BCUT2D eigenvalue weighted by Crippen LogP contribution is 2.05. The first-order valence-electron chi connectivity index (χ1n) is 4.07. The predicted molar refractivity (Wildman–Crippen MR) is 46.5 cm³/mol. The minimum Gasteiger partial charge on any atom is -0.383 e. The van der Waals surface area contributed by atoms with Gasteiger partial charge < -0.3 is 15.0 Å². The standard InChI is InChI=1S/C7H13N3O3/c1-13-5-4-9-3-2-8-7(9)6-10(11)12/h6,8H,2-5H2,1H3. The molecule has 74 valence electrons. The van der Waals surface area contributed by atoms with Gasteiger partial charge in [0.25, 0.3) is 6.20 Å². The minimum absolute atomic E-state index is 0.451. The predicted octanol–water partition coefficient (Wildman–Crippen LogP) is -0.386. The molecule has 0 bridgehead atoms. The van der Waals surface area contributed by atoms with Crippen LogP contribution in [0.2, 0.25) is 0 Å². The van der Waals surface area contributed by atoms with E-state index in [0.29, 0.717) is 19.0 Å². The van der Waals surface area contributed by atoms with Crippen LogP contribution >= 0.6 is 0 Å². The zero-order valence-electron chi connectivity index (χ0n) is 7.52. The number of rotatable bonds is 4. The summed E-state index contributed by atoms with van der Waals surface area (Å²) < 4.78 is 4.89. The van der Waals surface area contributed by atoms with Crippen LogP contribution < -0.4 is 5.32 Å². The maximum atomic E-state index is 10.2. The van der Waals surface area contributed by atoms with Crippen LogP contribution in [-0.4, -0.2) is 43.2 Å². The van der Waals surface area contributed by atoms with Crippen LogP contribution in [0, 0.1) is 10.1 Å². The van der Waals surface area contributed by atoms with Crippen LogP contribution in [0.25, 0.3) is 0 Å². The van der Waals surface area contributed by atoms with Gasteiger partial charge in [0.2, 0.25) is 0 Å². The fourth-order valence-corrected chi connectivity index (χ4v) is 1.21. The lowest BCUT2D eigenvalue weighted by Crippen LogP contribution is -2.24. The van der Waals surface area contributed by atoms with Gasteiger partial charge in [-0.3, -0.25) is 10.1 Å². The molecule has 0 saturated carbocycles. The molecule has 0 aromatic rings. The lowest BCUT2D eigenvalue weighted by atomic mass is 10.5. The van der Waals surface area contributed by atoms with E-state index in [1.54, 1.807) is 7.11 Å². The molecular formula is C7H13N3O3. The number of ether oxygens (including phenoxy) is 1.